The van der Waals surface area contributed by atoms with Crippen LogP contribution in [-0.2, 0) is 8.85 Å². The first-order valence-corrected chi connectivity index (χ1v) is 11.1. The lowest BCUT2D eigenvalue weighted by Crippen LogP contribution is -2.48. The van der Waals surface area contributed by atoms with E-state index in [1.165, 1.54) is 51.4 Å². The van der Waals surface area contributed by atoms with Crippen molar-refractivity contribution in [3.63, 3.8) is 0 Å². The average Bonchev–Trinajstić information content (AvgIpc) is 3.27. The van der Waals surface area contributed by atoms with Crippen LogP contribution >= 0.6 is 0 Å². The van der Waals surface area contributed by atoms with Crippen molar-refractivity contribution < 1.29 is 8.85 Å². The maximum Gasteiger partial charge on any atom is 0.343 e. The molecule has 0 radical (unpaired) electrons. The smallest absolute Gasteiger partial charge is 0.343 e. The predicted octanol–water partition coefficient (Wildman–Crippen LogP) is 4.88. The highest BCUT2D eigenvalue weighted by molar-refractivity contribution is 6.70. The van der Waals surface area contributed by atoms with Crippen LogP contribution in [0.3, 0.4) is 0 Å². The molecular formula is C18H32O2Si. The summed E-state index contributed by atoms with van der Waals surface area (Å²) in [6, 6.07) is 0. The number of hydrogen-bond acceptors (Lipinski definition) is 2. The zero-order chi connectivity index (χ0) is 14.9. The van der Waals surface area contributed by atoms with Crippen LogP contribution in [0, 0.1) is 22.7 Å². The van der Waals surface area contributed by atoms with Crippen molar-refractivity contribution in [1.29, 1.82) is 0 Å². The first-order chi connectivity index (χ1) is 10.0. The third-order valence-electron chi connectivity index (χ3n) is 7.87. The molecule has 0 saturated heterocycles. The third kappa shape index (κ3) is 2.26. The molecule has 0 aromatic rings. The summed E-state index contributed by atoms with van der Waals surface area (Å²) in [4.78, 5) is 0. The molecule has 4 rings (SSSR count). The van der Waals surface area contributed by atoms with Crippen LogP contribution in [-0.4, -0.2) is 22.8 Å². The zero-order valence-electron chi connectivity index (χ0n) is 14.3. The molecule has 0 aromatic carbocycles. The van der Waals surface area contributed by atoms with Gasteiger partial charge < -0.3 is 8.85 Å². The first-order valence-electron chi connectivity index (χ1n) is 9.10. The normalized spacial score (nSPS) is 44.6. The van der Waals surface area contributed by atoms with E-state index >= 15 is 0 Å². The van der Waals surface area contributed by atoms with Crippen molar-refractivity contribution in [1.82, 2.24) is 0 Å². The molecule has 2 unspecified atom stereocenters. The van der Waals surface area contributed by atoms with Crippen LogP contribution in [0.15, 0.2) is 0 Å². The SMILES string of the molecule is CO[Si](OC)(C(C)CCC12CC1C2)C(C)CCC12CC1C2. The fourth-order valence-electron chi connectivity index (χ4n) is 5.21. The van der Waals surface area contributed by atoms with Crippen molar-refractivity contribution in [2.45, 2.75) is 76.3 Å². The lowest BCUT2D eigenvalue weighted by atomic mass is 10.1. The van der Waals surface area contributed by atoms with Crippen LogP contribution in [0.25, 0.3) is 0 Å². The largest absolute Gasteiger partial charge is 0.397 e. The molecule has 2 nitrogen and oxygen atoms in total. The van der Waals surface area contributed by atoms with Crippen molar-refractivity contribution in [3.8, 4) is 0 Å². The van der Waals surface area contributed by atoms with Crippen LogP contribution in [0.2, 0.25) is 11.1 Å². The lowest BCUT2D eigenvalue weighted by molar-refractivity contribution is 0.211. The highest BCUT2D eigenvalue weighted by atomic mass is 28.4. The van der Waals surface area contributed by atoms with Gasteiger partial charge in [0.2, 0.25) is 0 Å². The van der Waals surface area contributed by atoms with Crippen LogP contribution in [0.5, 0.6) is 0 Å². The zero-order valence-corrected chi connectivity index (χ0v) is 15.3. The fraction of sp³-hybridized carbons (Fsp3) is 1.00. The van der Waals surface area contributed by atoms with E-state index in [0.717, 1.165) is 22.7 Å². The summed E-state index contributed by atoms with van der Waals surface area (Å²) in [6.45, 7) is 4.81. The minimum absolute atomic E-state index is 0.630. The van der Waals surface area contributed by atoms with Gasteiger partial charge in [-0.2, -0.15) is 0 Å². The van der Waals surface area contributed by atoms with Gasteiger partial charge >= 0.3 is 8.56 Å². The third-order valence-corrected chi connectivity index (χ3v) is 12.5. The van der Waals surface area contributed by atoms with E-state index in [9.17, 15) is 0 Å². The van der Waals surface area contributed by atoms with Gasteiger partial charge in [0.1, 0.15) is 0 Å². The van der Waals surface area contributed by atoms with E-state index in [-0.39, 0.29) is 0 Å². The summed E-state index contributed by atoms with van der Waals surface area (Å²) in [7, 11) is 1.76. The van der Waals surface area contributed by atoms with Gasteiger partial charge in [-0.3, -0.25) is 0 Å². The molecule has 0 heterocycles. The van der Waals surface area contributed by atoms with Crippen LogP contribution in [0.1, 0.15) is 65.2 Å². The molecule has 0 aromatic heterocycles. The summed E-state index contributed by atoms with van der Waals surface area (Å²) >= 11 is 0. The topological polar surface area (TPSA) is 18.5 Å². The van der Waals surface area contributed by atoms with Crippen molar-refractivity contribution in [3.05, 3.63) is 0 Å². The summed E-state index contributed by atoms with van der Waals surface area (Å²) in [5.74, 6) is 2.23. The van der Waals surface area contributed by atoms with Crippen LogP contribution in [0.4, 0.5) is 0 Å². The predicted molar refractivity (Wildman–Crippen MR) is 87.4 cm³/mol. The van der Waals surface area contributed by atoms with Gasteiger partial charge in [-0.05, 0) is 74.0 Å². The second-order valence-corrected chi connectivity index (χ2v) is 13.2. The van der Waals surface area contributed by atoms with Gasteiger partial charge in [0, 0.05) is 25.3 Å². The quantitative estimate of drug-likeness (QED) is 0.535. The summed E-state index contributed by atoms with van der Waals surface area (Å²) in [6.07, 6.45) is 11.6. The molecular weight excluding hydrogens is 276 g/mol. The monoisotopic (exact) mass is 308 g/mol. The molecule has 3 heteroatoms. The van der Waals surface area contributed by atoms with Gasteiger partial charge in [0.25, 0.3) is 0 Å². The molecule has 120 valence electrons. The van der Waals surface area contributed by atoms with Crippen molar-refractivity contribution >= 4 is 8.56 Å². The van der Waals surface area contributed by atoms with Gasteiger partial charge in [-0.15, -0.1) is 0 Å². The molecule has 4 aliphatic carbocycles. The first kappa shape index (κ1) is 14.7. The standard InChI is InChI=1S/C18H32O2Si/c1-13(5-7-17-9-15(17)10-17)21(19-3,20-4)14(2)6-8-18-11-16(18)12-18/h13-16H,5-12H2,1-4H3. The molecule has 0 spiro atoms. The Morgan fingerprint density at radius 1 is 0.857 bits per heavy atom. The highest BCUT2D eigenvalue weighted by Crippen LogP contribution is 2.78. The summed E-state index contributed by atoms with van der Waals surface area (Å²) in [5, 5.41) is 0. The maximum atomic E-state index is 6.13. The molecule has 4 aliphatic rings. The van der Waals surface area contributed by atoms with E-state index < -0.39 is 8.56 Å². The molecule has 2 atom stereocenters. The Hall–Kier alpha value is 0.137. The number of fused-ring (bicyclic) bond motifs is 2. The van der Waals surface area contributed by atoms with Gasteiger partial charge in [-0.1, -0.05) is 13.8 Å². The maximum absolute atomic E-state index is 6.13. The fourth-order valence-corrected chi connectivity index (χ4v) is 9.05. The minimum Gasteiger partial charge on any atom is -0.397 e. The Bertz CT molecular complexity index is 383. The van der Waals surface area contributed by atoms with E-state index in [0.29, 0.717) is 11.1 Å². The van der Waals surface area contributed by atoms with Crippen molar-refractivity contribution in [2.75, 3.05) is 14.2 Å². The van der Waals surface area contributed by atoms with Crippen molar-refractivity contribution in [2.24, 2.45) is 22.7 Å². The Kier molecular flexibility index (Phi) is 3.21. The molecule has 0 amide bonds. The molecule has 4 fully saturated rings. The highest BCUT2D eigenvalue weighted by Gasteiger charge is 2.69. The summed E-state index contributed by atoms with van der Waals surface area (Å²) in [5.41, 5.74) is 2.89. The molecule has 0 bridgehead atoms. The molecule has 21 heavy (non-hydrogen) atoms. The van der Waals surface area contributed by atoms with Crippen LogP contribution < -0.4 is 0 Å². The second kappa shape index (κ2) is 4.58. The Balaban J connectivity index is 1.34. The van der Waals surface area contributed by atoms with E-state index in [1.54, 1.807) is 0 Å². The number of hydrogen-bond donors (Lipinski definition) is 0. The van der Waals surface area contributed by atoms with E-state index in [1.807, 2.05) is 14.2 Å². The lowest BCUT2D eigenvalue weighted by Gasteiger charge is -2.38. The van der Waals surface area contributed by atoms with Gasteiger partial charge in [0.05, 0.1) is 0 Å². The van der Waals surface area contributed by atoms with Gasteiger partial charge in [-0.25, -0.2) is 0 Å². The summed E-state index contributed by atoms with van der Waals surface area (Å²) < 4.78 is 12.3. The Morgan fingerprint density at radius 3 is 1.43 bits per heavy atom. The molecule has 4 saturated carbocycles. The van der Waals surface area contributed by atoms with E-state index in [4.69, 9.17) is 8.85 Å². The van der Waals surface area contributed by atoms with Gasteiger partial charge in [0.15, 0.2) is 0 Å². The number of rotatable bonds is 10. The Labute approximate surface area is 131 Å². The molecule has 0 N–H and O–H groups in total. The minimum atomic E-state index is -2.06. The molecule has 0 aliphatic heterocycles. The second-order valence-electron chi connectivity index (χ2n) is 8.94. The average molecular weight is 309 g/mol. The van der Waals surface area contributed by atoms with E-state index in [2.05, 4.69) is 13.8 Å². The Morgan fingerprint density at radius 2 is 1.19 bits per heavy atom.